The van der Waals surface area contributed by atoms with Crippen LogP contribution in [0.5, 0.6) is 0 Å². The van der Waals surface area contributed by atoms with Gasteiger partial charge in [-0.2, -0.15) is 0 Å². The number of rotatable bonds is 6. The standard InChI is InChI=1S/C24H26P2/c1-4-11-21(12-5-1)25-19-10-17-24(25)18-20-26(22-13-6-2-7-14-22)23-15-8-3-9-16-23/h1-9,11-16,24H,10,17-20H2/t24-,25?/m1/s1. The lowest BCUT2D eigenvalue weighted by Gasteiger charge is -2.24. The van der Waals surface area contributed by atoms with E-state index in [9.17, 15) is 0 Å². The molecule has 0 N–H and O–H groups in total. The Morgan fingerprint density at radius 1 is 0.731 bits per heavy atom. The monoisotopic (exact) mass is 376 g/mol. The lowest BCUT2D eigenvalue weighted by Crippen LogP contribution is -2.17. The van der Waals surface area contributed by atoms with Gasteiger partial charge in [0.1, 0.15) is 0 Å². The second kappa shape index (κ2) is 8.94. The van der Waals surface area contributed by atoms with Crippen LogP contribution in [-0.2, 0) is 0 Å². The Kier molecular flexibility index (Phi) is 6.16. The quantitative estimate of drug-likeness (QED) is 0.500. The first kappa shape index (κ1) is 17.9. The number of hydrogen-bond acceptors (Lipinski definition) is 0. The van der Waals surface area contributed by atoms with Crippen LogP contribution in [0.25, 0.3) is 0 Å². The Morgan fingerprint density at radius 2 is 1.27 bits per heavy atom. The highest BCUT2D eigenvalue weighted by Crippen LogP contribution is 2.51. The highest BCUT2D eigenvalue weighted by atomic mass is 31.1. The summed E-state index contributed by atoms with van der Waals surface area (Å²) in [5.41, 5.74) is 0.907. The molecule has 132 valence electrons. The van der Waals surface area contributed by atoms with Gasteiger partial charge >= 0.3 is 0 Å². The van der Waals surface area contributed by atoms with Gasteiger partial charge in [0.15, 0.2) is 0 Å². The maximum Gasteiger partial charge on any atom is -0.0165 e. The molecule has 0 spiro atoms. The summed E-state index contributed by atoms with van der Waals surface area (Å²) >= 11 is 0. The van der Waals surface area contributed by atoms with E-state index in [2.05, 4.69) is 91.0 Å². The smallest absolute Gasteiger partial charge is 0.0165 e. The molecule has 3 aromatic carbocycles. The third-order valence-corrected chi connectivity index (χ3v) is 11.0. The molecular weight excluding hydrogens is 350 g/mol. The van der Waals surface area contributed by atoms with Crippen LogP contribution in [-0.4, -0.2) is 18.0 Å². The zero-order valence-electron chi connectivity index (χ0n) is 15.2. The minimum Gasteiger partial charge on any atom is -0.0721 e. The maximum atomic E-state index is 2.36. The van der Waals surface area contributed by atoms with Gasteiger partial charge in [-0.1, -0.05) is 98.9 Å². The van der Waals surface area contributed by atoms with Crippen molar-refractivity contribution < 1.29 is 0 Å². The van der Waals surface area contributed by atoms with Gasteiger partial charge in [0.2, 0.25) is 0 Å². The van der Waals surface area contributed by atoms with Crippen LogP contribution < -0.4 is 15.9 Å². The van der Waals surface area contributed by atoms with Crippen molar-refractivity contribution in [1.82, 2.24) is 0 Å². The first-order chi connectivity index (χ1) is 12.9. The van der Waals surface area contributed by atoms with Gasteiger partial charge in [-0.25, -0.2) is 0 Å². The minimum atomic E-state index is -0.245. The molecule has 0 bridgehead atoms. The predicted octanol–water partition coefficient (Wildman–Crippen LogP) is 5.48. The molecule has 1 aliphatic heterocycles. The van der Waals surface area contributed by atoms with Gasteiger partial charge in [-0.05, 0) is 61.1 Å². The SMILES string of the molecule is c1ccc(P(CC[C@H]2CCCP2c2ccccc2)c2ccccc2)cc1. The highest BCUT2D eigenvalue weighted by molar-refractivity contribution is 7.73. The molecule has 1 saturated heterocycles. The van der Waals surface area contributed by atoms with E-state index in [1.165, 1.54) is 42.2 Å². The van der Waals surface area contributed by atoms with Crippen LogP contribution in [0.15, 0.2) is 91.0 Å². The van der Waals surface area contributed by atoms with E-state index in [4.69, 9.17) is 0 Å². The molecule has 3 aromatic rings. The summed E-state index contributed by atoms with van der Waals surface area (Å²) in [5.74, 6) is 0. The molecule has 2 heteroatoms. The van der Waals surface area contributed by atoms with E-state index in [0.717, 1.165) is 5.66 Å². The van der Waals surface area contributed by atoms with Gasteiger partial charge in [0.05, 0.1) is 0 Å². The van der Waals surface area contributed by atoms with Crippen molar-refractivity contribution in [1.29, 1.82) is 0 Å². The predicted molar refractivity (Wildman–Crippen MR) is 119 cm³/mol. The summed E-state index contributed by atoms with van der Waals surface area (Å²) in [4.78, 5) is 0. The van der Waals surface area contributed by atoms with Crippen LogP contribution in [0, 0.1) is 0 Å². The zero-order valence-corrected chi connectivity index (χ0v) is 17.0. The van der Waals surface area contributed by atoms with Gasteiger partial charge in [0.25, 0.3) is 0 Å². The van der Waals surface area contributed by atoms with Crippen LogP contribution in [0.1, 0.15) is 19.3 Å². The van der Waals surface area contributed by atoms with Crippen molar-refractivity contribution in [2.75, 3.05) is 12.3 Å². The normalized spacial score (nSPS) is 19.7. The lowest BCUT2D eigenvalue weighted by molar-refractivity contribution is 0.760. The van der Waals surface area contributed by atoms with E-state index in [0.29, 0.717) is 0 Å². The highest BCUT2D eigenvalue weighted by Gasteiger charge is 2.28. The molecule has 0 saturated carbocycles. The molecule has 4 rings (SSSR count). The molecule has 0 nitrogen and oxygen atoms in total. The molecule has 0 radical (unpaired) electrons. The fourth-order valence-electron chi connectivity index (χ4n) is 4.00. The second-order valence-corrected chi connectivity index (χ2v) is 11.9. The van der Waals surface area contributed by atoms with E-state index in [1.54, 1.807) is 5.30 Å². The fraction of sp³-hybridized carbons (Fsp3) is 0.250. The molecular formula is C24H26P2. The fourth-order valence-corrected chi connectivity index (χ4v) is 9.71. The van der Waals surface area contributed by atoms with Crippen molar-refractivity contribution in [2.24, 2.45) is 0 Å². The molecule has 0 aromatic heterocycles. The molecule has 26 heavy (non-hydrogen) atoms. The number of hydrogen-bond donors (Lipinski definition) is 0. The average Bonchev–Trinajstić information content (AvgIpc) is 3.19. The van der Waals surface area contributed by atoms with Crippen molar-refractivity contribution in [3.63, 3.8) is 0 Å². The maximum absolute atomic E-state index is 2.36. The van der Waals surface area contributed by atoms with Gasteiger partial charge < -0.3 is 0 Å². The van der Waals surface area contributed by atoms with E-state index >= 15 is 0 Å². The summed E-state index contributed by atoms with van der Waals surface area (Å²) in [6, 6.07) is 33.7. The van der Waals surface area contributed by atoms with Crippen LogP contribution in [0.4, 0.5) is 0 Å². The molecule has 1 heterocycles. The Bertz CT molecular complexity index is 747. The van der Waals surface area contributed by atoms with Crippen molar-refractivity contribution in [3.05, 3.63) is 91.0 Å². The summed E-state index contributed by atoms with van der Waals surface area (Å²) in [6.45, 7) is 0. The van der Waals surface area contributed by atoms with Crippen molar-refractivity contribution in [2.45, 2.75) is 24.9 Å². The lowest BCUT2D eigenvalue weighted by atomic mass is 10.2. The topological polar surface area (TPSA) is 0 Å². The molecule has 1 unspecified atom stereocenters. The first-order valence-electron chi connectivity index (χ1n) is 9.61. The van der Waals surface area contributed by atoms with Crippen LogP contribution >= 0.6 is 15.8 Å². The first-order valence-corrected chi connectivity index (χ1v) is 12.7. The number of benzene rings is 3. The molecule has 0 amide bonds. The van der Waals surface area contributed by atoms with Crippen LogP contribution in [0.2, 0.25) is 0 Å². The minimum absolute atomic E-state index is 0.0383. The summed E-state index contributed by atoms with van der Waals surface area (Å²) in [5, 5.41) is 4.67. The Morgan fingerprint density at radius 3 is 1.85 bits per heavy atom. The third kappa shape index (κ3) is 4.25. The molecule has 2 atom stereocenters. The Hall–Kier alpha value is -1.48. The van der Waals surface area contributed by atoms with E-state index < -0.39 is 0 Å². The zero-order chi connectivity index (χ0) is 17.6. The third-order valence-electron chi connectivity index (χ3n) is 5.29. The summed E-state index contributed by atoms with van der Waals surface area (Å²) < 4.78 is 0. The van der Waals surface area contributed by atoms with Gasteiger partial charge in [0, 0.05) is 0 Å². The van der Waals surface area contributed by atoms with E-state index in [1.807, 2.05) is 0 Å². The summed E-state index contributed by atoms with van der Waals surface area (Å²) in [6.07, 6.45) is 6.96. The molecule has 1 fully saturated rings. The Labute approximate surface area is 160 Å². The Balaban J connectivity index is 1.51. The van der Waals surface area contributed by atoms with Crippen LogP contribution in [0.3, 0.4) is 0 Å². The summed E-state index contributed by atoms with van der Waals surface area (Å²) in [7, 11) is -0.206. The van der Waals surface area contributed by atoms with Gasteiger partial charge in [-0.3, -0.25) is 0 Å². The second-order valence-electron chi connectivity index (χ2n) is 6.94. The van der Waals surface area contributed by atoms with Gasteiger partial charge in [-0.15, -0.1) is 0 Å². The average molecular weight is 376 g/mol. The molecule has 1 aliphatic rings. The largest absolute Gasteiger partial charge is 0.0721 e. The molecule has 0 aliphatic carbocycles. The van der Waals surface area contributed by atoms with E-state index in [-0.39, 0.29) is 15.8 Å². The van der Waals surface area contributed by atoms with Crippen molar-refractivity contribution >= 4 is 31.8 Å². The van der Waals surface area contributed by atoms with Crippen molar-refractivity contribution in [3.8, 4) is 0 Å².